The summed E-state index contributed by atoms with van der Waals surface area (Å²) >= 11 is 11.7. The fraction of sp³-hybridized carbons (Fsp3) is 0.364. The van der Waals surface area contributed by atoms with Gasteiger partial charge in [-0.05, 0) is 69.2 Å². The summed E-state index contributed by atoms with van der Waals surface area (Å²) in [6.45, 7) is 5.69. The van der Waals surface area contributed by atoms with E-state index in [0.717, 1.165) is 11.3 Å². The molecule has 2 aromatic rings. The van der Waals surface area contributed by atoms with Gasteiger partial charge in [-0.1, -0.05) is 23.2 Å². The molecule has 33 heavy (non-hydrogen) atoms. The molecule has 1 N–H and O–H groups in total. The fourth-order valence-corrected chi connectivity index (χ4v) is 4.85. The zero-order chi connectivity index (χ0) is 24.4. The molecule has 0 aliphatic carbocycles. The molecule has 178 valence electrons. The number of hydrogen-bond acceptors (Lipinski definition) is 7. The average Bonchev–Trinajstić information content (AvgIpc) is 3.12. The predicted octanol–water partition coefficient (Wildman–Crippen LogP) is 4.68. The molecule has 3 rings (SSSR count). The predicted molar refractivity (Wildman–Crippen MR) is 127 cm³/mol. The Labute approximate surface area is 202 Å². The Morgan fingerprint density at radius 1 is 1.09 bits per heavy atom. The van der Waals surface area contributed by atoms with E-state index >= 15 is 0 Å². The molecule has 2 aromatic carbocycles. The fourth-order valence-electron chi connectivity index (χ4n) is 3.16. The minimum absolute atomic E-state index is 0.131. The van der Waals surface area contributed by atoms with Gasteiger partial charge in [0.1, 0.15) is 12.1 Å². The van der Waals surface area contributed by atoms with Crippen molar-refractivity contribution in [1.29, 1.82) is 0 Å². The van der Waals surface area contributed by atoms with Gasteiger partial charge in [-0.25, -0.2) is 13.2 Å². The van der Waals surface area contributed by atoms with Crippen molar-refractivity contribution in [3.8, 4) is 0 Å². The van der Waals surface area contributed by atoms with Crippen LogP contribution in [0.2, 0.25) is 10.0 Å². The van der Waals surface area contributed by atoms with E-state index in [9.17, 15) is 18.0 Å². The third-order valence-electron chi connectivity index (χ3n) is 4.60. The summed E-state index contributed by atoms with van der Waals surface area (Å²) in [4.78, 5) is 25.9. The topological polar surface area (TPSA) is 102 Å². The van der Waals surface area contributed by atoms with Crippen molar-refractivity contribution >= 4 is 56.5 Å². The normalized spacial score (nSPS) is 13.4. The molecule has 0 fully saturated rings. The van der Waals surface area contributed by atoms with Crippen LogP contribution < -0.4 is 10.2 Å². The van der Waals surface area contributed by atoms with E-state index in [1.807, 2.05) is 26.8 Å². The number of carbonyl (C=O) groups is 2. The third-order valence-corrected chi connectivity index (χ3v) is 6.41. The Balaban J connectivity index is 1.55. The monoisotopic (exact) mass is 514 g/mol. The molecule has 8 nitrogen and oxygen atoms in total. The van der Waals surface area contributed by atoms with Crippen LogP contribution in [0.4, 0.5) is 16.2 Å². The SMILES string of the molecule is CC(C)(C)OC(=O)N1CCc2cc(NCC(=O)OCS(=O)(=O)c3cc(Cl)cc(Cl)c3)ccc21. The minimum Gasteiger partial charge on any atom is -0.448 e. The van der Waals surface area contributed by atoms with E-state index in [1.54, 1.807) is 17.0 Å². The number of anilines is 2. The highest BCUT2D eigenvalue weighted by molar-refractivity contribution is 7.91. The van der Waals surface area contributed by atoms with Gasteiger partial charge >= 0.3 is 12.1 Å². The molecular weight excluding hydrogens is 491 g/mol. The highest BCUT2D eigenvalue weighted by Gasteiger charge is 2.29. The number of nitrogens with zero attached hydrogens (tertiary/aromatic N) is 1. The number of ether oxygens (including phenoxy) is 2. The molecule has 1 amide bonds. The second-order valence-electron chi connectivity index (χ2n) is 8.43. The van der Waals surface area contributed by atoms with Gasteiger partial charge < -0.3 is 14.8 Å². The van der Waals surface area contributed by atoms with E-state index in [2.05, 4.69) is 5.32 Å². The molecule has 0 unspecified atom stereocenters. The third kappa shape index (κ3) is 6.75. The number of esters is 1. The van der Waals surface area contributed by atoms with Gasteiger partial charge in [-0.15, -0.1) is 0 Å². The van der Waals surface area contributed by atoms with Crippen molar-refractivity contribution in [2.24, 2.45) is 0 Å². The lowest BCUT2D eigenvalue weighted by molar-refractivity contribution is -0.139. The molecule has 0 atom stereocenters. The molecule has 0 radical (unpaired) electrons. The van der Waals surface area contributed by atoms with Gasteiger partial charge in [0.15, 0.2) is 5.94 Å². The first-order chi connectivity index (χ1) is 15.3. The molecule has 0 saturated heterocycles. The van der Waals surface area contributed by atoms with E-state index < -0.39 is 33.4 Å². The van der Waals surface area contributed by atoms with Gasteiger partial charge in [0.2, 0.25) is 9.84 Å². The Morgan fingerprint density at radius 2 is 1.76 bits per heavy atom. The summed E-state index contributed by atoms with van der Waals surface area (Å²) in [7, 11) is -3.91. The van der Waals surface area contributed by atoms with Crippen LogP contribution in [0, 0.1) is 0 Å². The van der Waals surface area contributed by atoms with Crippen LogP contribution in [0.5, 0.6) is 0 Å². The Morgan fingerprint density at radius 3 is 2.39 bits per heavy atom. The minimum atomic E-state index is -3.91. The summed E-state index contributed by atoms with van der Waals surface area (Å²) in [6, 6.07) is 9.20. The molecule has 0 bridgehead atoms. The van der Waals surface area contributed by atoms with Crippen molar-refractivity contribution in [1.82, 2.24) is 0 Å². The highest BCUT2D eigenvalue weighted by Crippen LogP contribution is 2.31. The maximum Gasteiger partial charge on any atom is 0.414 e. The summed E-state index contributed by atoms with van der Waals surface area (Å²) in [5.41, 5.74) is 1.73. The number of amides is 1. The first-order valence-corrected chi connectivity index (χ1v) is 12.5. The maximum absolute atomic E-state index is 12.4. The summed E-state index contributed by atoms with van der Waals surface area (Å²) in [5.74, 6) is -1.58. The lowest BCUT2D eigenvalue weighted by Crippen LogP contribution is -2.35. The zero-order valence-electron chi connectivity index (χ0n) is 18.4. The number of rotatable bonds is 6. The lowest BCUT2D eigenvalue weighted by atomic mass is 10.1. The summed E-state index contributed by atoms with van der Waals surface area (Å²) in [6.07, 6.45) is 0.238. The highest BCUT2D eigenvalue weighted by atomic mass is 35.5. The molecule has 0 spiro atoms. The first-order valence-electron chi connectivity index (χ1n) is 10.1. The smallest absolute Gasteiger partial charge is 0.414 e. The average molecular weight is 515 g/mol. The second-order valence-corrected chi connectivity index (χ2v) is 11.2. The van der Waals surface area contributed by atoms with Crippen molar-refractivity contribution in [3.05, 3.63) is 52.0 Å². The van der Waals surface area contributed by atoms with E-state index in [1.165, 1.54) is 18.2 Å². The number of fused-ring (bicyclic) bond motifs is 1. The van der Waals surface area contributed by atoms with Crippen LogP contribution in [0.3, 0.4) is 0 Å². The van der Waals surface area contributed by atoms with Crippen LogP contribution in [0.25, 0.3) is 0 Å². The number of carbonyl (C=O) groups excluding carboxylic acids is 2. The van der Waals surface area contributed by atoms with Gasteiger partial charge in [-0.2, -0.15) is 0 Å². The molecular formula is C22H24Cl2N2O6S. The first kappa shape index (κ1) is 25.1. The molecule has 1 heterocycles. The van der Waals surface area contributed by atoms with E-state index in [-0.39, 0.29) is 21.5 Å². The van der Waals surface area contributed by atoms with E-state index in [0.29, 0.717) is 18.7 Å². The molecule has 11 heteroatoms. The van der Waals surface area contributed by atoms with Gasteiger partial charge in [-0.3, -0.25) is 9.69 Å². The lowest BCUT2D eigenvalue weighted by Gasteiger charge is -2.24. The van der Waals surface area contributed by atoms with Gasteiger partial charge in [0.05, 0.1) is 10.6 Å². The van der Waals surface area contributed by atoms with Crippen LogP contribution in [-0.4, -0.2) is 45.1 Å². The van der Waals surface area contributed by atoms with Gasteiger partial charge in [0, 0.05) is 22.3 Å². The van der Waals surface area contributed by atoms with Crippen molar-refractivity contribution in [3.63, 3.8) is 0 Å². The van der Waals surface area contributed by atoms with Crippen molar-refractivity contribution in [2.45, 2.75) is 37.7 Å². The van der Waals surface area contributed by atoms with E-state index in [4.69, 9.17) is 32.7 Å². The zero-order valence-corrected chi connectivity index (χ0v) is 20.7. The molecule has 0 aromatic heterocycles. The molecule has 0 saturated carbocycles. The van der Waals surface area contributed by atoms with Crippen LogP contribution in [-0.2, 0) is 30.5 Å². The maximum atomic E-state index is 12.4. The number of nitrogens with one attached hydrogen (secondary N) is 1. The summed E-state index contributed by atoms with van der Waals surface area (Å²) in [5, 5.41) is 3.23. The standard InChI is InChI=1S/C22H24Cl2N2O6S/c1-22(2,3)32-21(28)26-7-6-14-8-17(4-5-19(14)26)25-12-20(27)31-13-33(29,30)18-10-15(23)9-16(24)11-18/h4-5,8-11,25H,6-7,12-13H2,1-3H3. The molecule has 1 aliphatic heterocycles. The number of halogens is 2. The van der Waals surface area contributed by atoms with Crippen molar-refractivity contribution < 1.29 is 27.5 Å². The quantitative estimate of drug-likeness (QED) is 0.558. The Bertz CT molecular complexity index is 1160. The van der Waals surface area contributed by atoms with Crippen LogP contribution in [0.1, 0.15) is 26.3 Å². The summed E-state index contributed by atoms with van der Waals surface area (Å²) < 4.78 is 35.1. The van der Waals surface area contributed by atoms with Crippen molar-refractivity contribution in [2.75, 3.05) is 29.2 Å². The van der Waals surface area contributed by atoms with Crippen LogP contribution in [0.15, 0.2) is 41.3 Å². The second kappa shape index (κ2) is 9.79. The Hall–Kier alpha value is -2.49. The largest absolute Gasteiger partial charge is 0.448 e. The number of hydrogen-bond donors (Lipinski definition) is 1. The molecule has 1 aliphatic rings. The Kier molecular flexibility index (Phi) is 7.45. The van der Waals surface area contributed by atoms with Gasteiger partial charge in [0.25, 0.3) is 0 Å². The van der Waals surface area contributed by atoms with Crippen LogP contribution >= 0.6 is 23.2 Å². The number of benzene rings is 2. The number of sulfone groups is 1.